The van der Waals surface area contributed by atoms with E-state index < -0.39 is 30.1 Å². The summed E-state index contributed by atoms with van der Waals surface area (Å²) < 4.78 is 38.0. The number of rotatable bonds is 4. The Bertz CT molecular complexity index is 1060. The second-order valence-electron chi connectivity index (χ2n) is 6.11. The van der Waals surface area contributed by atoms with Crippen LogP contribution in [0.15, 0.2) is 48.5 Å². The number of hydrogen-bond acceptors (Lipinski definition) is 5. The number of nitrogens with one attached hydrogen (secondary N) is 2. The number of aliphatic hydroxyl groups is 1. The van der Waals surface area contributed by atoms with Gasteiger partial charge in [0.2, 0.25) is 0 Å². The standard InChI is InChI=1S/C21H16F3N3O4/c22-21(23,24)18(28)17(20(30)27-31)26-19(29)15-9-5-13(6-10-15)3-1-2-4-14-7-11-16(25)12-8-14/h5-12,17-18,28,31H,25H2,(H,26,29)(H,27,30)/t17-,18-/m0/s1. The number of hydrogen-bond donors (Lipinski definition) is 5. The highest BCUT2D eigenvalue weighted by Crippen LogP contribution is 2.22. The van der Waals surface area contributed by atoms with Crippen molar-refractivity contribution in [3.63, 3.8) is 0 Å². The van der Waals surface area contributed by atoms with Crippen LogP contribution in [-0.4, -0.2) is 40.5 Å². The summed E-state index contributed by atoms with van der Waals surface area (Å²) in [6, 6.07) is 9.80. The Morgan fingerprint density at radius 2 is 1.42 bits per heavy atom. The zero-order valence-electron chi connectivity index (χ0n) is 15.7. The van der Waals surface area contributed by atoms with E-state index in [1.54, 1.807) is 29.6 Å². The molecule has 160 valence electrons. The summed E-state index contributed by atoms with van der Waals surface area (Å²) in [6.45, 7) is 0. The first-order valence-electron chi connectivity index (χ1n) is 8.59. The molecule has 10 heteroatoms. The van der Waals surface area contributed by atoms with E-state index in [4.69, 9.17) is 10.9 Å². The SMILES string of the molecule is Nc1ccc(C#CC#Cc2ccc(C(=O)N[C@H](C(=O)NO)[C@H](O)C(F)(F)F)cc2)cc1. The second kappa shape index (κ2) is 10.2. The van der Waals surface area contributed by atoms with Crippen molar-refractivity contribution in [2.45, 2.75) is 18.3 Å². The molecule has 0 saturated carbocycles. The minimum Gasteiger partial charge on any atom is -0.399 e. The smallest absolute Gasteiger partial charge is 0.399 e. The number of aliphatic hydroxyl groups excluding tert-OH is 1. The predicted octanol–water partition coefficient (Wildman–Crippen LogP) is 1.20. The highest BCUT2D eigenvalue weighted by atomic mass is 19.4. The van der Waals surface area contributed by atoms with E-state index in [2.05, 4.69) is 23.7 Å². The van der Waals surface area contributed by atoms with Crippen LogP contribution >= 0.6 is 0 Å². The fourth-order valence-corrected chi connectivity index (χ4v) is 2.25. The summed E-state index contributed by atoms with van der Waals surface area (Å²) in [5, 5.41) is 19.6. The molecule has 0 heterocycles. The molecule has 2 rings (SSSR count). The molecule has 0 aliphatic heterocycles. The molecule has 0 aliphatic carbocycles. The first-order valence-corrected chi connectivity index (χ1v) is 8.59. The molecular formula is C21H16F3N3O4. The highest BCUT2D eigenvalue weighted by Gasteiger charge is 2.47. The van der Waals surface area contributed by atoms with Crippen molar-refractivity contribution < 1.29 is 33.1 Å². The zero-order chi connectivity index (χ0) is 23.0. The molecular weight excluding hydrogens is 415 g/mol. The molecule has 31 heavy (non-hydrogen) atoms. The molecule has 0 radical (unpaired) electrons. The molecule has 0 spiro atoms. The van der Waals surface area contributed by atoms with Gasteiger partial charge < -0.3 is 16.2 Å². The van der Waals surface area contributed by atoms with Crippen LogP contribution < -0.4 is 16.5 Å². The Morgan fingerprint density at radius 3 is 1.87 bits per heavy atom. The Labute approximate surface area is 175 Å². The van der Waals surface area contributed by atoms with Crippen molar-refractivity contribution in [1.82, 2.24) is 10.8 Å². The van der Waals surface area contributed by atoms with Gasteiger partial charge in [0.1, 0.15) is 6.04 Å². The van der Waals surface area contributed by atoms with Crippen LogP contribution in [0.3, 0.4) is 0 Å². The average Bonchev–Trinajstić information content (AvgIpc) is 2.75. The number of hydroxylamine groups is 1. The van der Waals surface area contributed by atoms with Gasteiger partial charge in [-0.3, -0.25) is 14.8 Å². The predicted molar refractivity (Wildman–Crippen MR) is 104 cm³/mol. The maximum absolute atomic E-state index is 12.7. The Morgan fingerprint density at radius 1 is 0.935 bits per heavy atom. The van der Waals surface area contributed by atoms with Gasteiger partial charge in [-0.1, -0.05) is 11.8 Å². The molecule has 0 unspecified atom stereocenters. The average molecular weight is 431 g/mol. The number of alkyl halides is 3. The van der Waals surface area contributed by atoms with Crippen LogP contribution in [0.4, 0.5) is 18.9 Å². The number of halogens is 3. The van der Waals surface area contributed by atoms with Crippen LogP contribution in [0, 0.1) is 23.7 Å². The molecule has 0 aromatic heterocycles. The van der Waals surface area contributed by atoms with Crippen molar-refractivity contribution in [3.8, 4) is 23.7 Å². The van der Waals surface area contributed by atoms with E-state index in [1.807, 2.05) is 0 Å². The third-order valence-corrected chi connectivity index (χ3v) is 3.86. The minimum absolute atomic E-state index is 0.0939. The molecule has 2 amide bonds. The van der Waals surface area contributed by atoms with E-state index in [1.165, 1.54) is 24.3 Å². The van der Waals surface area contributed by atoms with E-state index in [-0.39, 0.29) is 5.56 Å². The second-order valence-corrected chi connectivity index (χ2v) is 6.11. The van der Waals surface area contributed by atoms with Gasteiger partial charge in [0.05, 0.1) is 0 Å². The Kier molecular flexibility index (Phi) is 7.64. The highest BCUT2D eigenvalue weighted by molar-refractivity contribution is 5.97. The number of carbonyl (C=O) groups is 2. The van der Waals surface area contributed by atoms with E-state index >= 15 is 0 Å². The minimum atomic E-state index is -5.20. The van der Waals surface area contributed by atoms with Gasteiger partial charge in [0.15, 0.2) is 6.10 Å². The van der Waals surface area contributed by atoms with Crippen molar-refractivity contribution in [3.05, 3.63) is 65.2 Å². The van der Waals surface area contributed by atoms with Gasteiger partial charge in [-0.25, -0.2) is 5.48 Å². The first kappa shape index (κ1) is 23.3. The van der Waals surface area contributed by atoms with Gasteiger partial charge in [-0.05, 0) is 60.4 Å². The van der Waals surface area contributed by atoms with E-state index in [0.29, 0.717) is 11.3 Å². The molecule has 0 fully saturated rings. The zero-order valence-corrected chi connectivity index (χ0v) is 15.7. The Balaban J connectivity index is 2.08. The fourth-order valence-electron chi connectivity index (χ4n) is 2.25. The van der Waals surface area contributed by atoms with Gasteiger partial charge >= 0.3 is 6.18 Å². The number of nitrogens with two attached hydrogens (primary N) is 1. The van der Waals surface area contributed by atoms with Crippen molar-refractivity contribution in [1.29, 1.82) is 0 Å². The summed E-state index contributed by atoms with van der Waals surface area (Å²) in [6.07, 6.45) is -8.41. The Hall–Kier alpha value is -3.99. The van der Waals surface area contributed by atoms with Crippen molar-refractivity contribution >= 4 is 17.5 Å². The maximum atomic E-state index is 12.7. The van der Waals surface area contributed by atoms with Crippen LogP contribution in [0.25, 0.3) is 0 Å². The lowest BCUT2D eigenvalue weighted by Crippen LogP contribution is -2.57. The van der Waals surface area contributed by atoms with E-state index in [0.717, 1.165) is 11.0 Å². The fraction of sp³-hybridized carbons (Fsp3) is 0.143. The third-order valence-electron chi connectivity index (χ3n) is 3.86. The third kappa shape index (κ3) is 6.78. The number of benzene rings is 2. The van der Waals surface area contributed by atoms with Crippen LogP contribution in [0.5, 0.6) is 0 Å². The monoisotopic (exact) mass is 431 g/mol. The lowest BCUT2D eigenvalue weighted by atomic mass is 10.1. The largest absolute Gasteiger partial charge is 0.416 e. The molecule has 2 aromatic carbocycles. The molecule has 0 aliphatic rings. The van der Waals surface area contributed by atoms with E-state index in [9.17, 15) is 27.9 Å². The molecule has 2 aromatic rings. The molecule has 0 saturated heterocycles. The van der Waals surface area contributed by atoms with Crippen molar-refractivity contribution in [2.75, 3.05) is 5.73 Å². The van der Waals surface area contributed by atoms with Gasteiger partial charge in [0, 0.05) is 22.4 Å². The topological polar surface area (TPSA) is 125 Å². The number of amides is 2. The normalized spacial score (nSPS) is 12.3. The number of anilines is 1. The first-order chi connectivity index (χ1) is 14.6. The summed E-state index contributed by atoms with van der Waals surface area (Å²) in [5.41, 5.74) is 8.26. The lowest BCUT2D eigenvalue weighted by Gasteiger charge is -2.24. The van der Waals surface area contributed by atoms with Gasteiger partial charge in [-0.15, -0.1) is 0 Å². The molecule has 6 N–H and O–H groups in total. The quantitative estimate of drug-likeness (QED) is 0.215. The summed E-state index contributed by atoms with van der Waals surface area (Å²) in [5.74, 6) is 8.12. The molecule has 0 bridgehead atoms. The van der Waals surface area contributed by atoms with Gasteiger partial charge in [-0.2, -0.15) is 13.2 Å². The maximum Gasteiger partial charge on any atom is 0.416 e. The summed E-state index contributed by atoms with van der Waals surface area (Å²) >= 11 is 0. The molecule has 7 nitrogen and oxygen atoms in total. The number of carbonyl (C=O) groups excluding carboxylic acids is 2. The number of nitrogen functional groups attached to an aromatic ring is 1. The van der Waals surface area contributed by atoms with Crippen LogP contribution in [-0.2, 0) is 4.79 Å². The van der Waals surface area contributed by atoms with Crippen LogP contribution in [0.2, 0.25) is 0 Å². The summed E-state index contributed by atoms with van der Waals surface area (Å²) in [7, 11) is 0. The van der Waals surface area contributed by atoms with Crippen LogP contribution in [0.1, 0.15) is 21.5 Å². The molecule has 2 atom stereocenters. The summed E-state index contributed by atoms with van der Waals surface area (Å²) in [4.78, 5) is 23.6. The lowest BCUT2D eigenvalue weighted by molar-refractivity contribution is -0.212. The van der Waals surface area contributed by atoms with Gasteiger partial charge in [0.25, 0.3) is 11.8 Å². The van der Waals surface area contributed by atoms with Crippen molar-refractivity contribution in [2.24, 2.45) is 0 Å².